The minimum absolute atomic E-state index is 0.0199. The van der Waals surface area contributed by atoms with Crippen LogP contribution in [0.2, 0.25) is 0 Å². The number of methoxy groups -OCH3 is 1. The Morgan fingerprint density at radius 3 is 2.41 bits per heavy atom. The average Bonchev–Trinajstić information content (AvgIpc) is 2.28. The molecule has 0 aromatic heterocycles. The van der Waals surface area contributed by atoms with Gasteiger partial charge in [0.05, 0.1) is 13.7 Å². The van der Waals surface area contributed by atoms with Crippen molar-refractivity contribution >= 4 is 5.91 Å². The molecule has 4 nitrogen and oxygen atoms in total. The van der Waals surface area contributed by atoms with Gasteiger partial charge in [-0.1, -0.05) is 12.1 Å². The van der Waals surface area contributed by atoms with Gasteiger partial charge < -0.3 is 15.8 Å². The SMILES string of the molecule is COc1ccc(CC(C)(C)NC(=O)CN)cc1. The first-order valence-corrected chi connectivity index (χ1v) is 5.61. The lowest BCUT2D eigenvalue weighted by Crippen LogP contribution is -2.47. The van der Waals surface area contributed by atoms with E-state index in [0.717, 1.165) is 17.7 Å². The quantitative estimate of drug-likeness (QED) is 0.804. The van der Waals surface area contributed by atoms with Gasteiger partial charge in [-0.25, -0.2) is 0 Å². The summed E-state index contributed by atoms with van der Waals surface area (Å²) in [4.78, 5) is 11.3. The van der Waals surface area contributed by atoms with Gasteiger partial charge in [0.1, 0.15) is 5.75 Å². The third kappa shape index (κ3) is 4.44. The number of amides is 1. The van der Waals surface area contributed by atoms with Crippen LogP contribution in [-0.4, -0.2) is 25.1 Å². The van der Waals surface area contributed by atoms with Crippen LogP contribution >= 0.6 is 0 Å². The van der Waals surface area contributed by atoms with E-state index in [4.69, 9.17) is 10.5 Å². The van der Waals surface area contributed by atoms with Crippen LogP contribution in [0.1, 0.15) is 19.4 Å². The maximum Gasteiger partial charge on any atom is 0.234 e. The number of hydrogen-bond donors (Lipinski definition) is 2. The Balaban J connectivity index is 2.65. The smallest absolute Gasteiger partial charge is 0.234 e. The number of carbonyl (C=O) groups excluding carboxylic acids is 1. The average molecular weight is 236 g/mol. The van der Waals surface area contributed by atoms with Gasteiger partial charge in [-0.15, -0.1) is 0 Å². The molecule has 0 radical (unpaired) electrons. The Bertz CT molecular complexity index is 372. The summed E-state index contributed by atoms with van der Waals surface area (Å²) in [6, 6.07) is 7.82. The van der Waals surface area contributed by atoms with Crippen molar-refractivity contribution in [3.05, 3.63) is 29.8 Å². The molecule has 0 aliphatic carbocycles. The molecule has 0 fully saturated rings. The normalized spacial score (nSPS) is 11.1. The van der Waals surface area contributed by atoms with Crippen LogP contribution < -0.4 is 15.8 Å². The zero-order chi connectivity index (χ0) is 12.9. The first-order chi connectivity index (χ1) is 7.96. The van der Waals surface area contributed by atoms with Crippen molar-refractivity contribution in [2.24, 2.45) is 5.73 Å². The first-order valence-electron chi connectivity index (χ1n) is 5.61. The summed E-state index contributed by atoms with van der Waals surface area (Å²) in [5, 5.41) is 2.89. The third-order valence-electron chi connectivity index (χ3n) is 2.47. The van der Waals surface area contributed by atoms with Crippen molar-refractivity contribution in [2.45, 2.75) is 25.8 Å². The number of hydrogen-bond acceptors (Lipinski definition) is 3. The Morgan fingerprint density at radius 1 is 1.35 bits per heavy atom. The molecule has 0 saturated carbocycles. The van der Waals surface area contributed by atoms with E-state index in [1.54, 1.807) is 7.11 Å². The summed E-state index contributed by atoms with van der Waals surface area (Å²) >= 11 is 0. The number of ether oxygens (including phenoxy) is 1. The predicted molar refractivity (Wildman–Crippen MR) is 68.0 cm³/mol. The molecule has 1 aromatic carbocycles. The zero-order valence-electron chi connectivity index (χ0n) is 10.6. The summed E-state index contributed by atoms with van der Waals surface area (Å²) in [6.45, 7) is 3.97. The predicted octanol–water partition coefficient (Wildman–Crippen LogP) is 1.09. The Hall–Kier alpha value is -1.55. The summed E-state index contributed by atoms with van der Waals surface area (Å²) < 4.78 is 5.09. The van der Waals surface area contributed by atoms with E-state index in [1.807, 2.05) is 38.1 Å². The van der Waals surface area contributed by atoms with Gasteiger partial charge in [-0.05, 0) is 38.0 Å². The molecule has 0 bridgehead atoms. The van der Waals surface area contributed by atoms with Gasteiger partial charge in [0.15, 0.2) is 0 Å². The molecule has 17 heavy (non-hydrogen) atoms. The van der Waals surface area contributed by atoms with Crippen LogP contribution in [0.15, 0.2) is 24.3 Å². The van der Waals surface area contributed by atoms with E-state index < -0.39 is 0 Å². The van der Waals surface area contributed by atoms with E-state index in [2.05, 4.69) is 5.32 Å². The summed E-state index contributed by atoms with van der Waals surface area (Å²) in [6.07, 6.45) is 0.753. The van der Waals surface area contributed by atoms with Gasteiger partial charge in [0, 0.05) is 5.54 Å². The largest absolute Gasteiger partial charge is 0.497 e. The van der Waals surface area contributed by atoms with Crippen LogP contribution in [0.4, 0.5) is 0 Å². The fourth-order valence-corrected chi connectivity index (χ4v) is 1.73. The van der Waals surface area contributed by atoms with Crippen LogP contribution in [0.5, 0.6) is 5.75 Å². The molecule has 0 saturated heterocycles. The molecule has 0 atom stereocenters. The van der Waals surface area contributed by atoms with Crippen molar-refractivity contribution in [2.75, 3.05) is 13.7 Å². The highest BCUT2D eigenvalue weighted by atomic mass is 16.5. The van der Waals surface area contributed by atoms with Crippen LogP contribution in [-0.2, 0) is 11.2 Å². The lowest BCUT2D eigenvalue weighted by atomic mass is 9.95. The molecular weight excluding hydrogens is 216 g/mol. The minimum atomic E-state index is -0.301. The number of nitrogens with two attached hydrogens (primary N) is 1. The Morgan fingerprint density at radius 2 is 1.94 bits per heavy atom. The Labute approximate surface area is 102 Å². The van der Waals surface area contributed by atoms with Crippen molar-refractivity contribution in [1.82, 2.24) is 5.32 Å². The van der Waals surface area contributed by atoms with Crippen molar-refractivity contribution in [1.29, 1.82) is 0 Å². The number of benzene rings is 1. The molecule has 1 aromatic rings. The molecule has 1 amide bonds. The summed E-state index contributed by atoms with van der Waals surface area (Å²) in [5.74, 6) is 0.695. The first kappa shape index (κ1) is 13.5. The Kier molecular flexibility index (Phi) is 4.52. The molecule has 3 N–H and O–H groups in total. The molecule has 0 heterocycles. The number of nitrogens with one attached hydrogen (secondary N) is 1. The van der Waals surface area contributed by atoms with Crippen molar-refractivity contribution in [3.8, 4) is 5.75 Å². The van der Waals surface area contributed by atoms with E-state index in [1.165, 1.54) is 0 Å². The second-order valence-electron chi connectivity index (χ2n) is 4.66. The second kappa shape index (κ2) is 5.68. The monoisotopic (exact) mass is 236 g/mol. The van der Waals surface area contributed by atoms with Crippen LogP contribution in [0.3, 0.4) is 0 Å². The zero-order valence-corrected chi connectivity index (χ0v) is 10.6. The molecule has 1 rings (SSSR count). The molecule has 0 spiro atoms. The highest BCUT2D eigenvalue weighted by molar-refractivity contribution is 5.78. The lowest BCUT2D eigenvalue weighted by Gasteiger charge is -2.26. The molecule has 0 aliphatic heterocycles. The van der Waals surface area contributed by atoms with Gasteiger partial charge in [0.2, 0.25) is 5.91 Å². The van der Waals surface area contributed by atoms with Gasteiger partial charge in [-0.3, -0.25) is 4.79 Å². The van der Waals surface area contributed by atoms with Crippen molar-refractivity contribution in [3.63, 3.8) is 0 Å². The lowest BCUT2D eigenvalue weighted by molar-refractivity contribution is -0.121. The maximum absolute atomic E-state index is 11.3. The third-order valence-corrected chi connectivity index (χ3v) is 2.47. The molecular formula is C13H20N2O2. The minimum Gasteiger partial charge on any atom is -0.497 e. The second-order valence-corrected chi connectivity index (χ2v) is 4.66. The molecule has 4 heteroatoms. The fourth-order valence-electron chi connectivity index (χ4n) is 1.73. The van der Waals surface area contributed by atoms with E-state index in [9.17, 15) is 4.79 Å². The summed E-state index contributed by atoms with van der Waals surface area (Å²) in [5.41, 5.74) is 6.13. The van der Waals surface area contributed by atoms with Gasteiger partial charge in [-0.2, -0.15) is 0 Å². The van der Waals surface area contributed by atoms with Crippen molar-refractivity contribution < 1.29 is 9.53 Å². The van der Waals surface area contributed by atoms with Gasteiger partial charge in [0.25, 0.3) is 0 Å². The standard InChI is InChI=1S/C13H20N2O2/c1-13(2,15-12(16)9-14)8-10-4-6-11(17-3)7-5-10/h4-7H,8-9,14H2,1-3H3,(H,15,16). The molecule has 0 aliphatic rings. The molecule has 0 unspecified atom stereocenters. The van der Waals surface area contributed by atoms with E-state index in [0.29, 0.717) is 0 Å². The maximum atomic E-state index is 11.3. The topological polar surface area (TPSA) is 64.3 Å². The highest BCUT2D eigenvalue weighted by Crippen LogP contribution is 2.16. The summed E-state index contributed by atoms with van der Waals surface area (Å²) in [7, 11) is 1.64. The fraction of sp³-hybridized carbons (Fsp3) is 0.462. The van der Waals surface area contributed by atoms with E-state index in [-0.39, 0.29) is 18.0 Å². The number of rotatable bonds is 5. The van der Waals surface area contributed by atoms with E-state index >= 15 is 0 Å². The van der Waals surface area contributed by atoms with Gasteiger partial charge >= 0.3 is 0 Å². The van der Waals surface area contributed by atoms with Crippen LogP contribution in [0.25, 0.3) is 0 Å². The highest BCUT2D eigenvalue weighted by Gasteiger charge is 2.20. The molecule has 94 valence electrons. The number of carbonyl (C=O) groups is 1. The van der Waals surface area contributed by atoms with Crippen LogP contribution in [0, 0.1) is 0 Å².